The summed E-state index contributed by atoms with van der Waals surface area (Å²) in [5.41, 5.74) is 3.13. The second kappa shape index (κ2) is 7.86. The molecule has 0 bridgehead atoms. The first kappa shape index (κ1) is 19.2. The molecule has 7 heteroatoms. The second-order valence-corrected chi connectivity index (χ2v) is 5.51. The van der Waals surface area contributed by atoms with Crippen molar-refractivity contribution in [2.24, 2.45) is 5.10 Å². The number of rotatable bonds is 6. The lowest BCUT2D eigenvalue weighted by atomic mass is 10.1. The van der Waals surface area contributed by atoms with Crippen LogP contribution in [-0.4, -0.2) is 18.4 Å². The van der Waals surface area contributed by atoms with E-state index in [1.807, 2.05) is 0 Å². The standard InChI is InChI=1S/C19H17F3N2O2/c1-13(2)24(17-8-10-18(11-9-17)26-19(20,21)22)23-14(3)16-6-4-15(12-25)5-7-16/h4-12H,1H2,2-3H3/b23-14+. The summed E-state index contributed by atoms with van der Waals surface area (Å²) in [6, 6.07) is 12.2. The molecule has 26 heavy (non-hydrogen) atoms. The van der Waals surface area contributed by atoms with Crippen molar-refractivity contribution < 1.29 is 22.7 Å². The van der Waals surface area contributed by atoms with Crippen molar-refractivity contribution in [1.82, 2.24) is 0 Å². The van der Waals surface area contributed by atoms with Crippen molar-refractivity contribution in [3.05, 3.63) is 71.9 Å². The van der Waals surface area contributed by atoms with E-state index in [0.29, 0.717) is 22.7 Å². The van der Waals surface area contributed by atoms with Gasteiger partial charge in [0.15, 0.2) is 0 Å². The highest BCUT2D eigenvalue weighted by Gasteiger charge is 2.31. The van der Waals surface area contributed by atoms with Crippen LogP contribution < -0.4 is 9.75 Å². The molecular formula is C19H17F3N2O2. The average Bonchev–Trinajstić information content (AvgIpc) is 2.59. The third-order valence-corrected chi connectivity index (χ3v) is 3.39. The van der Waals surface area contributed by atoms with Gasteiger partial charge in [-0.3, -0.25) is 4.79 Å². The number of benzene rings is 2. The minimum atomic E-state index is -4.74. The molecule has 0 atom stereocenters. The number of hydrazone groups is 1. The molecular weight excluding hydrogens is 345 g/mol. The molecule has 0 N–H and O–H groups in total. The van der Waals surface area contributed by atoms with Gasteiger partial charge in [0, 0.05) is 11.3 Å². The maximum Gasteiger partial charge on any atom is 0.573 e. The quantitative estimate of drug-likeness (QED) is 0.405. The Kier molecular flexibility index (Phi) is 5.82. The number of carbonyl (C=O) groups excluding carboxylic acids is 1. The van der Waals surface area contributed by atoms with Gasteiger partial charge in [-0.05, 0) is 43.7 Å². The number of aldehydes is 1. The number of nitrogens with zero attached hydrogens (tertiary/aromatic N) is 2. The number of halogens is 3. The van der Waals surface area contributed by atoms with Crippen LogP contribution in [0.15, 0.2) is 65.9 Å². The van der Waals surface area contributed by atoms with Crippen molar-refractivity contribution in [3.63, 3.8) is 0 Å². The molecule has 0 aromatic heterocycles. The van der Waals surface area contributed by atoms with Gasteiger partial charge in [-0.25, -0.2) is 5.01 Å². The SMILES string of the molecule is C=C(C)N(/N=C(\C)c1ccc(C=O)cc1)c1ccc(OC(F)(F)F)cc1. The molecule has 0 heterocycles. The van der Waals surface area contributed by atoms with Crippen LogP contribution in [0.5, 0.6) is 5.75 Å². The highest BCUT2D eigenvalue weighted by atomic mass is 19.4. The molecule has 0 spiro atoms. The number of carbonyl (C=O) groups is 1. The monoisotopic (exact) mass is 362 g/mol. The van der Waals surface area contributed by atoms with Gasteiger partial charge < -0.3 is 4.74 Å². The summed E-state index contributed by atoms with van der Waals surface area (Å²) in [6.07, 6.45) is -3.99. The zero-order chi connectivity index (χ0) is 19.3. The molecule has 0 unspecified atom stereocenters. The summed E-state index contributed by atoms with van der Waals surface area (Å²) in [5.74, 6) is -0.312. The molecule has 136 valence electrons. The van der Waals surface area contributed by atoms with Gasteiger partial charge in [-0.15, -0.1) is 13.2 Å². The van der Waals surface area contributed by atoms with Crippen molar-refractivity contribution in [2.45, 2.75) is 20.2 Å². The highest BCUT2D eigenvalue weighted by molar-refractivity contribution is 5.99. The van der Waals surface area contributed by atoms with Crippen molar-refractivity contribution in [2.75, 3.05) is 5.01 Å². The number of hydrogen-bond acceptors (Lipinski definition) is 4. The van der Waals surface area contributed by atoms with Gasteiger partial charge in [0.1, 0.15) is 12.0 Å². The Morgan fingerprint density at radius 2 is 1.65 bits per heavy atom. The molecule has 0 aliphatic carbocycles. The van der Waals surface area contributed by atoms with Crippen LogP contribution in [0, 0.1) is 0 Å². The molecule has 2 aromatic carbocycles. The summed E-state index contributed by atoms with van der Waals surface area (Å²) >= 11 is 0. The largest absolute Gasteiger partial charge is 0.573 e. The number of allylic oxidation sites excluding steroid dienone is 1. The summed E-state index contributed by atoms with van der Waals surface area (Å²) in [6.45, 7) is 7.36. The first-order chi connectivity index (χ1) is 12.2. The van der Waals surface area contributed by atoms with Crippen LogP contribution in [0.3, 0.4) is 0 Å². The van der Waals surface area contributed by atoms with E-state index in [1.165, 1.54) is 29.3 Å². The lowest BCUT2D eigenvalue weighted by Gasteiger charge is -2.20. The molecule has 0 aliphatic heterocycles. The van der Waals surface area contributed by atoms with Gasteiger partial charge in [0.2, 0.25) is 0 Å². The predicted molar refractivity (Wildman–Crippen MR) is 94.5 cm³/mol. The molecule has 0 saturated carbocycles. The molecule has 2 aromatic rings. The Morgan fingerprint density at radius 3 is 2.12 bits per heavy atom. The minimum Gasteiger partial charge on any atom is -0.406 e. The molecule has 0 fully saturated rings. The van der Waals surface area contributed by atoms with Crippen LogP contribution in [-0.2, 0) is 0 Å². The summed E-state index contributed by atoms with van der Waals surface area (Å²) in [7, 11) is 0. The lowest BCUT2D eigenvalue weighted by molar-refractivity contribution is -0.274. The topological polar surface area (TPSA) is 41.9 Å². The predicted octanol–water partition coefficient (Wildman–Crippen LogP) is 5.16. The third kappa shape index (κ3) is 5.20. The Hall–Kier alpha value is -3.09. The number of alkyl halides is 3. The van der Waals surface area contributed by atoms with Gasteiger partial charge in [0.25, 0.3) is 0 Å². The fourth-order valence-electron chi connectivity index (χ4n) is 2.16. The van der Waals surface area contributed by atoms with Crippen LogP contribution >= 0.6 is 0 Å². The Labute approximate surface area is 149 Å². The first-order valence-electron chi connectivity index (χ1n) is 7.62. The molecule has 2 rings (SSSR count). The van der Waals surface area contributed by atoms with Gasteiger partial charge in [-0.2, -0.15) is 5.10 Å². The van der Waals surface area contributed by atoms with Crippen molar-refractivity contribution in [1.29, 1.82) is 0 Å². The van der Waals surface area contributed by atoms with E-state index in [0.717, 1.165) is 11.8 Å². The summed E-state index contributed by atoms with van der Waals surface area (Å²) in [5, 5.41) is 5.99. The Morgan fingerprint density at radius 1 is 1.08 bits per heavy atom. The van der Waals surface area contributed by atoms with Gasteiger partial charge >= 0.3 is 6.36 Å². The van der Waals surface area contributed by atoms with Crippen LogP contribution in [0.25, 0.3) is 0 Å². The van der Waals surface area contributed by atoms with E-state index >= 15 is 0 Å². The number of anilines is 1. The van der Waals surface area contributed by atoms with Crippen molar-refractivity contribution in [3.8, 4) is 5.75 Å². The average molecular weight is 362 g/mol. The van der Waals surface area contributed by atoms with E-state index in [9.17, 15) is 18.0 Å². The second-order valence-electron chi connectivity index (χ2n) is 5.51. The van der Waals surface area contributed by atoms with E-state index in [4.69, 9.17) is 0 Å². The zero-order valence-electron chi connectivity index (χ0n) is 14.2. The molecule has 0 amide bonds. The van der Waals surface area contributed by atoms with Gasteiger partial charge in [0.05, 0.1) is 11.4 Å². The number of hydrogen-bond donors (Lipinski definition) is 0. The normalized spacial score (nSPS) is 11.8. The van der Waals surface area contributed by atoms with Gasteiger partial charge in [-0.1, -0.05) is 30.8 Å². The van der Waals surface area contributed by atoms with E-state index in [2.05, 4.69) is 16.4 Å². The Balaban J connectivity index is 2.27. The third-order valence-electron chi connectivity index (χ3n) is 3.39. The number of ether oxygens (including phenoxy) is 1. The van der Waals surface area contributed by atoms with Crippen LogP contribution in [0.4, 0.5) is 18.9 Å². The molecule has 0 radical (unpaired) electrons. The molecule has 4 nitrogen and oxygen atoms in total. The smallest absolute Gasteiger partial charge is 0.406 e. The fraction of sp³-hybridized carbons (Fsp3) is 0.158. The highest BCUT2D eigenvalue weighted by Crippen LogP contribution is 2.27. The van der Waals surface area contributed by atoms with E-state index < -0.39 is 6.36 Å². The van der Waals surface area contributed by atoms with E-state index in [1.54, 1.807) is 38.1 Å². The minimum absolute atomic E-state index is 0.312. The van der Waals surface area contributed by atoms with Crippen LogP contribution in [0.2, 0.25) is 0 Å². The van der Waals surface area contributed by atoms with Crippen LogP contribution in [0.1, 0.15) is 29.8 Å². The van der Waals surface area contributed by atoms with Crippen molar-refractivity contribution >= 4 is 17.7 Å². The fourth-order valence-corrected chi connectivity index (χ4v) is 2.16. The maximum atomic E-state index is 12.3. The van der Waals surface area contributed by atoms with E-state index in [-0.39, 0.29) is 5.75 Å². The maximum absolute atomic E-state index is 12.3. The molecule has 0 aliphatic rings. The lowest BCUT2D eigenvalue weighted by Crippen LogP contribution is -2.18. The summed E-state index contributed by atoms with van der Waals surface area (Å²) in [4.78, 5) is 10.7. The first-order valence-corrected chi connectivity index (χ1v) is 7.62. The Bertz CT molecular complexity index is 810. The zero-order valence-corrected chi connectivity index (χ0v) is 14.2. The summed E-state index contributed by atoms with van der Waals surface area (Å²) < 4.78 is 40.6. The molecule has 0 saturated heterocycles.